The summed E-state index contributed by atoms with van der Waals surface area (Å²) in [6.07, 6.45) is 11.9. The minimum atomic E-state index is -1.12. The van der Waals surface area contributed by atoms with E-state index in [4.69, 9.17) is 14.2 Å². The zero-order valence-corrected chi connectivity index (χ0v) is 28.3. The maximum atomic E-state index is 14.3. The number of fused-ring (bicyclic) bond motifs is 1. The van der Waals surface area contributed by atoms with Crippen molar-refractivity contribution in [3.63, 3.8) is 0 Å². The van der Waals surface area contributed by atoms with Gasteiger partial charge in [0, 0.05) is 24.9 Å². The van der Waals surface area contributed by atoms with Crippen LogP contribution >= 0.6 is 0 Å². The average molecular weight is 645 g/mol. The zero-order chi connectivity index (χ0) is 33.5. The molecule has 2 saturated carbocycles. The second-order valence-corrected chi connectivity index (χ2v) is 14.5. The van der Waals surface area contributed by atoms with Gasteiger partial charge in [0.25, 0.3) is 0 Å². The minimum absolute atomic E-state index is 0.0479. The van der Waals surface area contributed by atoms with Gasteiger partial charge in [-0.2, -0.15) is 0 Å². The number of allylic oxidation sites excluding steroid dienone is 2. The van der Waals surface area contributed by atoms with E-state index < -0.39 is 41.2 Å². The van der Waals surface area contributed by atoms with E-state index >= 15 is 0 Å². The lowest BCUT2D eigenvalue weighted by Gasteiger charge is -2.42. The molecule has 0 bridgehead atoms. The molecule has 0 radical (unpaired) electrons. The number of carbonyl (C=O) groups excluding carboxylic acids is 4. The van der Waals surface area contributed by atoms with Crippen LogP contribution in [0.25, 0.3) is 0 Å². The summed E-state index contributed by atoms with van der Waals surface area (Å²) >= 11 is 0. The number of ether oxygens (including phenoxy) is 3. The van der Waals surface area contributed by atoms with E-state index in [2.05, 4.69) is 29.1 Å². The topological polar surface area (TPSA) is 135 Å². The molecule has 4 rings (SSSR count). The summed E-state index contributed by atoms with van der Waals surface area (Å²) in [5.74, 6) is -0.926. The third-order valence-corrected chi connectivity index (χ3v) is 9.96. The van der Waals surface area contributed by atoms with Crippen LogP contribution in [0.5, 0.6) is 0 Å². The molecule has 0 aromatic heterocycles. The van der Waals surface area contributed by atoms with Crippen molar-refractivity contribution in [2.45, 2.75) is 139 Å². The Balaban J connectivity index is 1.56. The first-order valence-corrected chi connectivity index (χ1v) is 17.2. The molecule has 3 N–H and O–H groups in total. The number of rotatable bonds is 14. The first-order valence-electron chi connectivity index (χ1n) is 17.2. The Kier molecular flexibility index (Phi) is 12.3. The molecule has 11 heteroatoms. The third kappa shape index (κ3) is 8.91. The molecule has 46 heavy (non-hydrogen) atoms. The van der Waals surface area contributed by atoms with Crippen molar-refractivity contribution in [1.82, 2.24) is 20.9 Å². The number of carbonyl (C=O) groups is 4. The summed E-state index contributed by atoms with van der Waals surface area (Å²) in [4.78, 5) is 55.7. The lowest BCUT2D eigenvalue weighted by molar-refractivity contribution is -0.148. The average Bonchev–Trinajstić information content (AvgIpc) is 3.55. The zero-order valence-electron chi connectivity index (χ0n) is 28.3. The van der Waals surface area contributed by atoms with E-state index in [1.165, 1.54) is 20.0 Å². The fourth-order valence-electron chi connectivity index (χ4n) is 7.60. The van der Waals surface area contributed by atoms with Gasteiger partial charge in [-0.15, -0.1) is 13.2 Å². The van der Waals surface area contributed by atoms with Crippen molar-refractivity contribution >= 4 is 23.9 Å². The van der Waals surface area contributed by atoms with Crippen LogP contribution in [0.15, 0.2) is 25.3 Å². The van der Waals surface area contributed by atoms with Gasteiger partial charge >= 0.3 is 12.1 Å². The predicted molar refractivity (Wildman–Crippen MR) is 175 cm³/mol. The normalized spacial score (nSPS) is 31.2. The Morgan fingerprint density at radius 3 is 2.52 bits per heavy atom. The molecule has 0 aromatic rings. The summed E-state index contributed by atoms with van der Waals surface area (Å²) in [5.41, 5.74) is -1.86. The van der Waals surface area contributed by atoms with Crippen LogP contribution in [0.1, 0.15) is 97.8 Å². The number of hydrogen-bond acceptors (Lipinski definition) is 8. The summed E-state index contributed by atoms with van der Waals surface area (Å²) in [5, 5.41) is 9.43. The predicted octanol–water partition coefficient (Wildman–Crippen LogP) is 4.16. The third-order valence-electron chi connectivity index (χ3n) is 9.96. The van der Waals surface area contributed by atoms with Gasteiger partial charge in [0.2, 0.25) is 11.8 Å². The molecule has 4 aliphatic rings. The van der Waals surface area contributed by atoms with Gasteiger partial charge < -0.3 is 35.1 Å². The molecule has 11 nitrogen and oxygen atoms in total. The van der Waals surface area contributed by atoms with E-state index in [9.17, 15) is 19.2 Å². The number of alkyl carbamates (subject to hydrolysis) is 1. The Bertz CT molecular complexity index is 1120. The minimum Gasteiger partial charge on any atom is -0.467 e. The van der Waals surface area contributed by atoms with Crippen LogP contribution in [0, 0.1) is 11.8 Å². The Labute approximate surface area is 274 Å². The molecule has 2 aliphatic carbocycles. The SMILES string of the molecule is C=CCCC[C@H](NC(=O)OC(C)(C)C)C(=O)N1CC(OC2CCNC3CCCCC32)C[C@H]1C(=O)N[C@]1(C(=O)OC)C[C@H]1CCC=C. The van der Waals surface area contributed by atoms with Crippen molar-refractivity contribution in [3.05, 3.63) is 25.3 Å². The van der Waals surface area contributed by atoms with Crippen LogP contribution < -0.4 is 16.0 Å². The van der Waals surface area contributed by atoms with Crippen molar-refractivity contribution in [3.8, 4) is 0 Å². The highest BCUT2D eigenvalue weighted by Gasteiger charge is 2.62. The first-order chi connectivity index (χ1) is 21.9. The van der Waals surface area contributed by atoms with Crippen molar-refractivity contribution in [2.24, 2.45) is 11.8 Å². The highest BCUT2D eigenvalue weighted by Crippen LogP contribution is 2.48. The molecular formula is C35H56N4O7. The molecule has 0 aromatic carbocycles. The molecule has 2 aliphatic heterocycles. The van der Waals surface area contributed by atoms with Crippen molar-refractivity contribution < 1.29 is 33.4 Å². The molecule has 4 unspecified atom stereocenters. The number of esters is 1. The Morgan fingerprint density at radius 1 is 1.09 bits per heavy atom. The molecule has 8 atom stereocenters. The molecular weight excluding hydrogens is 588 g/mol. The molecule has 258 valence electrons. The van der Waals surface area contributed by atoms with Gasteiger partial charge in [-0.3, -0.25) is 9.59 Å². The number of nitrogens with zero attached hydrogens (tertiary/aromatic N) is 1. The summed E-state index contributed by atoms with van der Waals surface area (Å²) in [6, 6.07) is -1.34. The van der Waals surface area contributed by atoms with Gasteiger partial charge in [0.1, 0.15) is 23.2 Å². The van der Waals surface area contributed by atoms with Crippen LogP contribution in [0.3, 0.4) is 0 Å². The number of unbranched alkanes of at least 4 members (excludes halogenated alkanes) is 1. The molecule has 4 fully saturated rings. The van der Waals surface area contributed by atoms with Crippen LogP contribution in [-0.4, -0.2) is 90.4 Å². The standard InChI is InChI=1S/C35H56N4O7/c1-7-9-11-17-27(37-33(43)46-34(3,4)5)31(41)39-22-24(45-29-18-19-36-26-16-13-12-15-25(26)29)20-28(39)30(40)38-35(32(42)44-6)21-23(35)14-10-8-2/h7-8,23-29,36H,1-2,9-22H2,3-6H3,(H,37,43)(H,38,40)/t23-,24?,25?,26?,27+,28+,29?,35-/m1/s1. The quantitative estimate of drug-likeness (QED) is 0.146. The summed E-state index contributed by atoms with van der Waals surface area (Å²) in [6.45, 7) is 13.9. The maximum absolute atomic E-state index is 14.3. The number of hydrogen-bond donors (Lipinski definition) is 3. The smallest absolute Gasteiger partial charge is 0.408 e. The largest absolute Gasteiger partial charge is 0.467 e. The van der Waals surface area contributed by atoms with Gasteiger partial charge in [-0.25, -0.2) is 9.59 Å². The van der Waals surface area contributed by atoms with E-state index in [1.54, 1.807) is 37.8 Å². The fourth-order valence-corrected chi connectivity index (χ4v) is 7.60. The maximum Gasteiger partial charge on any atom is 0.408 e. The molecule has 2 heterocycles. The highest BCUT2D eigenvalue weighted by atomic mass is 16.6. The lowest BCUT2D eigenvalue weighted by atomic mass is 9.77. The molecule has 3 amide bonds. The first kappa shape index (κ1) is 35.9. The van der Waals surface area contributed by atoms with Crippen molar-refractivity contribution in [2.75, 3.05) is 20.2 Å². The van der Waals surface area contributed by atoms with E-state index in [0.717, 1.165) is 25.8 Å². The number of likely N-dealkylation sites (tertiary alicyclic amines) is 1. The fraction of sp³-hybridized carbons (Fsp3) is 0.771. The summed E-state index contributed by atoms with van der Waals surface area (Å²) in [7, 11) is 1.32. The van der Waals surface area contributed by atoms with Crippen LogP contribution in [-0.2, 0) is 28.6 Å². The van der Waals surface area contributed by atoms with Gasteiger partial charge in [-0.1, -0.05) is 25.0 Å². The van der Waals surface area contributed by atoms with E-state index in [-0.39, 0.29) is 30.6 Å². The number of nitrogens with one attached hydrogen (secondary N) is 3. The molecule has 0 spiro atoms. The van der Waals surface area contributed by atoms with Gasteiger partial charge in [-0.05, 0) is 91.0 Å². The second kappa shape index (κ2) is 15.8. The number of piperidine rings is 1. The van der Waals surface area contributed by atoms with Gasteiger partial charge in [0.05, 0.1) is 19.3 Å². The molecule has 2 saturated heterocycles. The van der Waals surface area contributed by atoms with Crippen LogP contribution in [0.4, 0.5) is 4.79 Å². The Hall–Kier alpha value is -2.92. The van der Waals surface area contributed by atoms with E-state index in [0.29, 0.717) is 56.9 Å². The van der Waals surface area contributed by atoms with Crippen LogP contribution in [0.2, 0.25) is 0 Å². The second-order valence-electron chi connectivity index (χ2n) is 14.5. The number of methoxy groups -OCH3 is 1. The highest BCUT2D eigenvalue weighted by molar-refractivity contribution is 5.96. The van der Waals surface area contributed by atoms with Crippen molar-refractivity contribution in [1.29, 1.82) is 0 Å². The Morgan fingerprint density at radius 2 is 1.83 bits per heavy atom. The monoisotopic (exact) mass is 644 g/mol. The number of amides is 3. The van der Waals surface area contributed by atoms with E-state index in [1.807, 2.05) is 0 Å². The van der Waals surface area contributed by atoms with Gasteiger partial charge in [0.15, 0.2) is 0 Å². The lowest BCUT2D eigenvalue weighted by Crippen LogP contribution is -2.56. The summed E-state index contributed by atoms with van der Waals surface area (Å²) < 4.78 is 17.3.